The summed E-state index contributed by atoms with van der Waals surface area (Å²) in [5.74, 6) is 1.63. The Balaban J connectivity index is 2.27. The van der Waals surface area contributed by atoms with Gasteiger partial charge in [-0.2, -0.15) is 0 Å². The molecule has 0 spiro atoms. The molecule has 272 valence electrons. The van der Waals surface area contributed by atoms with E-state index in [9.17, 15) is 0 Å². The van der Waals surface area contributed by atoms with E-state index in [0.717, 1.165) is 0 Å². The molecule has 0 amide bonds. The minimum Gasteiger partial charge on any atom is -0.234 e. The monoisotopic (exact) mass is 644 g/mol. The molecule has 2 nitrogen and oxygen atoms in total. The van der Waals surface area contributed by atoms with Gasteiger partial charge in [0.15, 0.2) is 0 Å². The molecule has 0 aliphatic carbocycles. The van der Waals surface area contributed by atoms with Crippen molar-refractivity contribution in [1.82, 2.24) is 4.57 Å². The number of imidazole rings is 1. The third-order valence-corrected chi connectivity index (χ3v) is 10.6. The number of aryl methyl sites for hydroxylation is 2. The topological polar surface area (TPSA) is 8.81 Å². The van der Waals surface area contributed by atoms with Crippen LogP contribution in [0.25, 0.3) is 0 Å². The predicted molar refractivity (Wildman–Crippen MR) is 207 cm³/mol. The van der Waals surface area contributed by atoms with E-state index in [1.165, 1.54) is 244 Å². The van der Waals surface area contributed by atoms with Gasteiger partial charge in [-0.1, -0.05) is 213 Å². The van der Waals surface area contributed by atoms with E-state index in [4.69, 9.17) is 0 Å². The van der Waals surface area contributed by atoms with E-state index in [0.29, 0.717) is 0 Å². The molecule has 0 aromatic carbocycles. The van der Waals surface area contributed by atoms with Crippen LogP contribution in [0.15, 0.2) is 12.4 Å². The second kappa shape index (κ2) is 35.5. The number of hydrogen-bond donors (Lipinski definition) is 0. The van der Waals surface area contributed by atoms with Gasteiger partial charge in [0.25, 0.3) is 5.82 Å². The molecular formula is C44H87N2+. The van der Waals surface area contributed by atoms with Crippen molar-refractivity contribution in [1.29, 1.82) is 0 Å². The molecule has 1 aromatic rings. The lowest BCUT2D eigenvalue weighted by Crippen LogP contribution is -2.37. The first-order valence-electron chi connectivity index (χ1n) is 21.9. The molecule has 1 aromatic heterocycles. The Morgan fingerprint density at radius 2 is 0.674 bits per heavy atom. The van der Waals surface area contributed by atoms with Crippen LogP contribution in [0.1, 0.15) is 251 Å². The van der Waals surface area contributed by atoms with Crippen molar-refractivity contribution >= 4 is 0 Å². The highest BCUT2D eigenvalue weighted by atomic mass is 15.1. The molecule has 0 bridgehead atoms. The molecule has 0 N–H and O–H groups in total. The highest BCUT2D eigenvalue weighted by Gasteiger charge is 2.16. The van der Waals surface area contributed by atoms with Gasteiger partial charge in [-0.3, -0.25) is 0 Å². The van der Waals surface area contributed by atoms with Crippen LogP contribution < -0.4 is 4.57 Å². The molecule has 0 saturated heterocycles. The van der Waals surface area contributed by atoms with Gasteiger partial charge in [-0.05, 0) is 32.1 Å². The molecule has 2 heteroatoms. The lowest BCUT2D eigenvalue weighted by molar-refractivity contribution is -0.704. The summed E-state index contributed by atoms with van der Waals surface area (Å²) >= 11 is 0. The lowest BCUT2D eigenvalue weighted by Gasteiger charge is -2.07. The van der Waals surface area contributed by atoms with Crippen LogP contribution >= 0.6 is 0 Å². The Labute approximate surface area is 291 Å². The molecule has 0 saturated carbocycles. The van der Waals surface area contributed by atoms with Crippen LogP contribution in [0.3, 0.4) is 0 Å². The largest absolute Gasteiger partial charge is 0.256 e. The third-order valence-electron chi connectivity index (χ3n) is 10.6. The second-order valence-corrected chi connectivity index (χ2v) is 15.2. The first-order chi connectivity index (χ1) is 22.8. The van der Waals surface area contributed by atoms with Gasteiger partial charge in [0.2, 0.25) is 0 Å². The van der Waals surface area contributed by atoms with Crippen LogP contribution in [-0.2, 0) is 19.5 Å². The van der Waals surface area contributed by atoms with Gasteiger partial charge in [0, 0.05) is 6.42 Å². The van der Waals surface area contributed by atoms with Crippen LogP contribution in [0.2, 0.25) is 0 Å². The summed E-state index contributed by atoms with van der Waals surface area (Å²) in [7, 11) is 0. The van der Waals surface area contributed by atoms with Crippen LogP contribution in [0.5, 0.6) is 0 Å². The molecule has 0 atom stereocenters. The maximum atomic E-state index is 2.65. The number of rotatable bonds is 38. The van der Waals surface area contributed by atoms with Crippen molar-refractivity contribution in [2.24, 2.45) is 0 Å². The Kier molecular flexibility index (Phi) is 33.4. The fourth-order valence-corrected chi connectivity index (χ4v) is 7.39. The van der Waals surface area contributed by atoms with Gasteiger partial charge in [-0.15, -0.1) is 0 Å². The van der Waals surface area contributed by atoms with E-state index in [-0.39, 0.29) is 0 Å². The fourth-order valence-electron chi connectivity index (χ4n) is 7.39. The standard InChI is InChI=1S/C44H87N2/c1-4-7-10-13-16-19-21-23-24-26-29-32-35-38-41-46-43-42-45(40-37-34-31-28-18-15-12-9-6-3)44(46)39-36-33-30-27-25-22-20-17-14-11-8-5-2/h42-43H,4-41H2,1-3H3/q+1. The summed E-state index contributed by atoms with van der Waals surface area (Å²) in [6.07, 6.45) is 56.3. The summed E-state index contributed by atoms with van der Waals surface area (Å²) in [6, 6.07) is 0. The zero-order chi connectivity index (χ0) is 33.0. The van der Waals surface area contributed by atoms with Crippen LogP contribution in [0.4, 0.5) is 0 Å². The molecule has 46 heavy (non-hydrogen) atoms. The average molecular weight is 644 g/mol. The van der Waals surface area contributed by atoms with Crippen molar-refractivity contribution in [2.75, 3.05) is 0 Å². The lowest BCUT2D eigenvalue weighted by atomic mass is 10.0. The van der Waals surface area contributed by atoms with Crippen molar-refractivity contribution in [2.45, 2.75) is 265 Å². The minimum atomic E-state index is 1.23. The molecular weight excluding hydrogens is 556 g/mol. The van der Waals surface area contributed by atoms with Crippen LogP contribution in [-0.4, -0.2) is 4.57 Å². The van der Waals surface area contributed by atoms with Gasteiger partial charge in [0.05, 0.1) is 13.1 Å². The molecule has 0 unspecified atom stereocenters. The molecule has 0 aliphatic heterocycles. The van der Waals surface area contributed by atoms with Gasteiger partial charge < -0.3 is 0 Å². The van der Waals surface area contributed by atoms with E-state index >= 15 is 0 Å². The van der Waals surface area contributed by atoms with Gasteiger partial charge in [-0.25, -0.2) is 9.13 Å². The summed E-state index contributed by atoms with van der Waals surface area (Å²) in [4.78, 5) is 0. The summed E-state index contributed by atoms with van der Waals surface area (Å²) in [5.41, 5.74) is 0. The molecule has 0 fully saturated rings. The Bertz CT molecular complexity index is 707. The number of unbranched alkanes of at least 4 members (excludes halogenated alkanes) is 32. The zero-order valence-electron chi connectivity index (χ0n) is 32.4. The highest BCUT2D eigenvalue weighted by Crippen LogP contribution is 2.16. The van der Waals surface area contributed by atoms with Crippen molar-refractivity contribution < 1.29 is 4.57 Å². The summed E-state index contributed by atoms with van der Waals surface area (Å²) in [5, 5.41) is 0. The molecule has 1 rings (SSSR count). The van der Waals surface area contributed by atoms with Crippen LogP contribution in [0, 0.1) is 0 Å². The number of hydrogen-bond acceptors (Lipinski definition) is 0. The summed E-state index contributed by atoms with van der Waals surface area (Å²) < 4.78 is 5.29. The quantitative estimate of drug-likeness (QED) is 0.0501. The van der Waals surface area contributed by atoms with E-state index in [2.05, 4.69) is 42.3 Å². The van der Waals surface area contributed by atoms with Crippen molar-refractivity contribution in [3.8, 4) is 0 Å². The Morgan fingerprint density at radius 3 is 1.04 bits per heavy atom. The Morgan fingerprint density at radius 1 is 0.370 bits per heavy atom. The maximum absolute atomic E-state index is 2.65. The molecule has 1 heterocycles. The maximum Gasteiger partial charge on any atom is 0.256 e. The SMILES string of the molecule is CCCCCCCCCCCCCCCCn1cc[n+](CCCCCCCCCCC)c1CCCCCCCCCCCCCC. The van der Waals surface area contributed by atoms with Crippen molar-refractivity contribution in [3.63, 3.8) is 0 Å². The second-order valence-electron chi connectivity index (χ2n) is 15.2. The van der Waals surface area contributed by atoms with Crippen molar-refractivity contribution in [3.05, 3.63) is 18.2 Å². The van der Waals surface area contributed by atoms with E-state index in [1.54, 1.807) is 5.82 Å². The van der Waals surface area contributed by atoms with Gasteiger partial charge >= 0.3 is 0 Å². The van der Waals surface area contributed by atoms with Gasteiger partial charge in [0.1, 0.15) is 12.4 Å². The highest BCUT2D eigenvalue weighted by molar-refractivity contribution is 4.84. The first kappa shape index (κ1) is 43.2. The number of nitrogens with zero attached hydrogens (tertiary/aromatic N) is 2. The normalized spacial score (nSPS) is 11.6. The molecule has 0 radical (unpaired) electrons. The minimum absolute atomic E-state index is 1.23. The van der Waals surface area contributed by atoms with E-state index in [1.807, 2.05) is 0 Å². The molecule has 0 aliphatic rings. The first-order valence-corrected chi connectivity index (χ1v) is 21.9. The smallest absolute Gasteiger partial charge is 0.234 e. The zero-order valence-corrected chi connectivity index (χ0v) is 32.4. The number of aromatic nitrogens is 2. The van der Waals surface area contributed by atoms with E-state index < -0.39 is 0 Å². The fraction of sp³-hybridized carbons (Fsp3) is 0.932. The Hall–Kier alpha value is -0.790. The predicted octanol–water partition coefficient (Wildman–Crippen LogP) is 15.0. The third kappa shape index (κ3) is 27.2. The average Bonchev–Trinajstić information content (AvgIpc) is 3.45. The summed E-state index contributed by atoms with van der Waals surface area (Å²) in [6.45, 7) is 9.41.